The second-order valence-corrected chi connectivity index (χ2v) is 11.1. The lowest BCUT2D eigenvalue weighted by Gasteiger charge is -2.25. The molecule has 0 aliphatic carbocycles. The smallest absolute Gasteiger partial charge is 0.247 e. The Morgan fingerprint density at radius 1 is 1.16 bits per heavy atom. The van der Waals surface area contributed by atoms with Gasteiger partial charge in [0.1, 0.15) is 12.3 Å². The van der Waals surface area contributed by atoms with E-state index < -0.39 is 0 Å². The molecular weight excluding hydrogens is 542 g/mol. The first-order chi connectivity index (χ1) is 20.8. The third-order valence-corrected chi connectivity index (χ3v) is 7.71. The Hall–Kier alpha value is -4.41. The SMILES string of the molecule is C=CC(=O)Nc1cc(Nc2ncc(OCCOC)c(-c3cn4c5c(cccc35)CCC4)n2)c(C)cc1N(C)CCN(C)C. The summed E-state index contributed by atoms with van der Waals surface area (Å²) in [5.74, 6) is 0.750. The molecule has 0 fully saturated rings. The summed E-state index contributed by atoms with van der Waals surface area (Å²) in [7, 11) is 7.75. The van der Waals surface area contributed by atoms with E-state index >= 15 is 0 Å². The highest BCUT2D eigenvalue weighted by Gasteiger charge is 2.21. The quantitative estimate of drug-likeness (QED) is 0.163. The minimum absolute atomic E-state index is 0.277. The first-order valence-electron chi connectivity index (χ1n) is 14.6. The van der Waals surface area contributed by atoms with Gasteiger partial charge in [-0.15, -0.1) is 0 Å². The maximum absolute atomic E-state index is 12.4. The van der Waals surface area contributed by atoms with Crippen molar-refractivity contribution in [3.05, 3.63) is 66.5 Å². The number of aromatic nitrogens is 3. The van der Waals surface area contributed by atoms with Gasteiger partial charge in [0.05, 0.1) is 29.7 Å². The Kier molecular flexibility index (Phi) is 9.27. The average molecular weight is 584 g/mol. The van der Waals surface area contributed by atoms with Crippen LogP contribution in [0, 0.1) is 6.92 Å². The number of nitrogens with one attached hydrogen (secondary N) is 2. The predicted octanol–water partition coefficient (Wildman–Crippen LogP) is 5.24. The number of ether oxygens (including phenoxy) is 2. The minimum Gasteiger partial charge on any atom is -0.487 e. The zero-order valence-corrected chi connectivity index (χ0v) is 25.7. The Bertz CT molecular complexity index is 1630. The van der Waals surface area contributed by atoms with Crippen LogP contribution in [-0.2, 0) is 22.5 Å². The normalized spacial score (nSPS) is 12.4. The minimum atomic E-state index is -0.277. The van der Waals surface area contributed by atoms with Crippen LogP contribution in [0.3, 0.4) is 0 Å². The summed E-state index contributed by atoms with van der Waals surface area (Å²) in [5, 5.41) is 7.52. The van der Waals surface area contributed by atoms with Crippen LogP contribution in [0.1, 0.15) is 17.5 Å². The van der Waals surface area contributed by atoms with Gasteiger partial charge in [0.25, 0.3) is 0 Å². The van der Waals surface area contributed by atoms with Crippen LogP contribution in [-0.4, -0.2) is 79.9 Å². The average Bonchev–Trinajstić information content (AvgIpc) is 3.38. The summed E-state index contributed by atoms with van der Waals surface area (Å²) in [6.45, 7) is 9.13. The van der Waals surface area contributed by atoms with E-state index in [0.29, 0.717) is 36.3 Å². The van der Waals surface area contributed by atoms with Crippen LogP contribution in [0.15, 0.2) is 55.4 Å². The lowest BCUT2D eigenvalue weighted by atomic mass is 10.0. The van der Waals surface area contributed by atoms with Crippen molar-refractivity contribution in [2.75, 3.05) is 70.1 Å². The lowest BCUT2D eigenvalue weighted by molar-refractivity contribution is -0.111. The van der Waals surface area contributed by atoms with Gasteiger partial charge in [-0.1, -0.05) is 24.8 Å². The van der Waals surface area contributed by atoms with Crippen LogP contribution in [0.25, 0.3) is 22.2 Å². The van der Waals surface area contributed by atoms with Crippen molar-refractivity contribution in [1.29, 1.82) is 0 Å². The molecule has 1 aliphatic heterocycles. The number of para-hydroxylation sites is 1. The number of amides is 1. The first-order valence-corrected chi connectivity index (χ1v) is 14.6. The molecule has 5 rings (SSSR count). The van der Waals surface area contributed by atoms with E-state index in [1.54, 1.807) is 13.3 Å². The standard InChI is InChI=1S/C33H41N7O3/c1-7-30(41)35-27-19-26(22(2)18-28(27)39(5)15-14-38(3)4)36-33-34-20-29(43-17-16-42-6)31(37-33)25-21-40-13-9-11-23-10-8-12-24(25)32(23)40/h7-8,10,12,18-21H,1,9,11,13-17H2,2-6H3,(H,35,41)(H,34,36,37). The van der Waals surface area contributed by atoms with Gasteiger partial charge in [-0.25, -0.2) is 9.97 Å². The molecule has 1 aliphatic rings. The maximum Gasteiger partial charge on any atom is 0.247 e. The van der Waals surface area contributed by atoms with Gasteiger partial charge in [-0.2, -0.15) is 0 Å². The van der Waals surface area contributed by atoms with Crippen LogP contribution in [0.5, 0.6) is 5.75 Å². The van der Waals surface area contributed by atoms with Crippen LogP contribution >= 0.6 is 0 Å². The van der Waals surface area contributed by atoms with Crippen molar-refractivity contribution in [3.8, 4) is 17.0 Å². The van der Waals surface area contributed by atoms with Crippen molar-refractivity contribution in [2.45, 2.75) is 26.3 Å². The number of carbonyl (C=O) groups excluding carboxylic acids is 1. The first kappa shape index (κ1) is 30.1. The molecular formula is C33H41N7O3. The number of benzene rings is 2. The van der Waals surface area contributed by atoms with E-state index in [9.17, 15) is 4.79 Å². The zero-order chi connectivity index (χ0) is 30.5. The molecule has 0 spiro atoms. The van der Waals surface area contributed by atoms with Crippen molar-refractivity contribution in [2.24, 2.45) is 0 Å². The van der Waals surface area contributed by atoms with Crippen LogP contribution in [0.4, 0.5) is 23.0 Å². The van der Waals surface area contributed by atoms with Crippen molar-refractivity contribution < 1.29 is 14.3 Å². The number of anilines is 4. The fourth-order valence-electron chi connectivity index (χ4n) is 5.43. The second kappa shape index (κ2) is 13.3. The number of likely N-dealkylation sites (N-methyl/N-ethyl adjacent to an activating group) is 2. The largest absolute Gasteiger partial charge is 0.487 e. The third kappa shape index (κ3) is 6.65. The molecule has 10 heteroatoms. The monoisotopic (exact) mass is 583 g/mol. The van der Waals surface area contributed by atoms with Crippen LogP contribution < -0.4 is 20.3 Å². The fraction of sp³-hybridized carbons (Fsp3) is 0.364. The van der Waals surface area contributed by atoms with Gasteiger partial charge in [0, 0.05) is 56.6 Å². The van der Waals surface area contributed by atoms with Gasteiger partial charge in [0.2, 0.25) is 11.9 Å². The number of hydrogen-bond donors (Lipinski definition) is 2. The third-order valence-electron chi connectivity index (χ3n) is 7.71. The van der Waals surface area contributed by atoms with Crippen LogP contribution in [0.2, 0.25) is 0 Å². The number of carbonyl (C=O) groups is 1. The van der Waals surface area contributed by atoms with Gasteiger partial charge in [-0.05, 0) is 63.2 Å². The Balaban J connectivity index is 1.54. The highest BCUT2D eigenvalue weighted by atomic mass is 16.5. The zero-order valence-electron chi connectivity index (χ0n) is 25.7. The molecule has 0 saturated carbocycles. The number of methoxy groups -OCH3 is 1. The summed E-state index contributed by atoms with van der Waals surface area (Å²) in [4.78, 5) is 26.2. The highest BCUT2D eigenvalue weighted by molar-refractivity contribution is 6.02. The number of aryl methyl sites for hydroxylation is 3. The molecule has 10 nitrogen and oxygen atoms in total. The van der Waals surface area contributed by atoms with Crippen molar-refractivity contribution >= 4 is 39.8 Å². The summed E-state index contributed by atoms with van der Waals surface area (Å²) in [5.41, 5.74) is 7.69. The topological polar surface area (TPSA) is 96.8 Å². The van der Waals surface area contributed by atoms with E-state index in [1.165, 1.54) is 17.2 Å². The molecule has 0 radical (unpaired) electrons. The molecule has 226 valence electrons. The highest BCUT2D eigenvalue weighted by Crippen LogP contribution is 2.39. The van der Waals surface area contributed by atoms with Gasteiger partial charge in [0.15, 0.2) is 5.75 Å². The van der Waals surface area contributed by atoms with E-state index in [4.69, 9.17) is 14.5 Å². The van der Waals surface area contributed by atoms with Crippen molar-refractivity contribution in [3.63, 3.8) is 0 Å². The van der Waals surface area contributed by atoms with Crippen molar-refractivity contribution in [1.82, 2.24) is 19.4 Å². The predicted molar refractivity (Wildman–Crippen MR) is 174 cm³/mol. The Labute approximate surface area is 253 Å². The summed E-state index contributed by atoms with van der Waals surface area (Å²) in [6, 6.07) is 10.4. The molecule has 2 aromatic carbocycles. The Morgan fingerprint density at radius 3 is 2.77 bits per heavy atom. The summed E-state index contributed by atoms with van der Waals surface area (Å²) < 4.78 is 13.6. The molecule has 2 N–H and O–H groups in total. The second-order valence-electron chi connectivity index (χ2n) is 11.1. The molecule has 0 unspecified atom stereocenters. The molecule has 0 saturated heterocycles. The fourth-order valence-corrected chi connectivity index (χ4v) is 5.43. The van der Waals surface area contributed by atoms with E-state index in [2.05, 4.69) is 67.0 Å². The number of hydrogen-bond acceptors (Lipinski definition) is 8. The van der Waals surface area contributed by atoms with E-state index in [0.717, 1.165) is 60.4 Å². The molecule has 2 aromatic heterocycles. The van der Waals surface area contributed by atoms with Gasteiger partial charge < -0.3 is 34.5 Å². The summed E-state index contributed by atoms with van der Waals surface area (Å²) in [6.07, 6.45) is 7.34. The molecule has 3 heterocycles. The molecule has 43 heavy (non-hydrogen) atoms. The molecule has 0 atom stereocenters. The van der Waals surface area contributed by atoms with Gasteiger partial charge in [-0.3, -0.25) is 4.79 Å². The van der Waals surface area contributed by atoms with E-state index in [-0.39, 0.29) is 5.91 Å². The van der Waals surface area contributed by atoms with E-state index in [1.807, 2.05) is 34.1 Å². The molecule has 4 aromatic rings. The van der Waals surface area contributed by atoms with Gasteiger partial charge >= 0.3 is 0 Å². The maximum atomic E-state index is 12.4. The molecule has 1 amide bonds. The molecule has 0 bridgehead atoms. The number of nitrogens with zero attached hydrogens (tertiary/aromatic N) is 5. The Morgan fingerprint density at radius 2 is 2.00 bits per heavy atom. The lowest BCUT2D eigenvalue weighted by Crippen LogP contribution is -2.29. The number of rotatable bonds is 13. The summed E-state index contributed by atoms with van der Waals surface area (Å²) >= 11 is 0.